The highest BCUT2D eigenvalue weighted by molar-refractivity contribution is 6.07. The van der Waals surface area contributed by atoms with Gasteiger partial charge in [-0.05, 0) is 36.6 Å². The summed E-state index contributed by atoms with van der Waals surface area (Å²) in [7, 11) is 0. The van der Waals surface area contributed by atoms with Gasteiger partial charge in [-0.2, -0.15) is 0 Å². The van der Waals surface area contributed by atoms with E-state index in [-0.39, 0.29) is 23.8 Å². The number of fused-ring (bicyclic) bond motifs is 1. The molecule has 3 rings (SSSR count). The number of hydrogen-bond donors (Lipinski definition) is 1. The van der Waals surface area contributed by atoms with Crippen molar-refractivity contribution in [1.29, 1.82) is 0 Å². The molecule has 114 valence electrons. The Hall–Kier alpha value is -2.36. The molecule has 22 heavy (non-hydrogen) atoms. The minimum Gasteiger partial charge on any atom is -0.369 e. The van der Waals surface area contributed by atoms with Gasteiger partial charge >= 0.3 is 0 Å². The summed E-state index contributed by atoms with van der Waals surface area (Å²) in [5.74, 6) is -0.576. The van der Waals surface area contributed by atoms with Gasteiger partial charge in [0.2, 0.25) is 5.91 Å². The van der Waals surface area contributed by atoms with E-state index in [1.54, 1.807) is 4.90 Å². The highest BCUT2D eigenvalue weighted by Gasteiger charge is 2.32. The van der Waals surface area contributed by atoms with Crippen molar-refractivity contribution in [2.24, 2.45) is 11.7 Å². The highest BCUT2D eigenvalue weighted by atomic mass is 16.2. The normalized spacial score (nSPS) is 21.8. The number of carbonyl (C=O) groups excluding carboxylic acids is 2. The van der Waals surface area contributed by atoms with Gasteiger partial charge in [0.1, 0.15) is 0 Å². The van der Waals surface area contributed by atoms with E-state index >= 15 is 0 Å². The van der Waals surface area contributed by atoms with Crippen molar-refractivity contribution in [2.75, 3.05) is 6.54 Å². The van der Waals surface area contributed by atoms with Crippen LogP contribution in [0, 0.1) is 5.92 Å². The predicted octanol–water partition coefficient (Wildman–Crippen LogP) is 2.57. The summed E-state index contributed by atoms with van der Waals surface area (Å²) < 4.78 is 0. The monoisotopic (exact) mass is 296 g/mol. The zero-order chi connectivity index (χ0) is 15.7. The number of likely N-dealkylation sites (tertiary alicyclic amines) is 1. The maximum Gasteiger partial charge on any atom is 0.254 e. The molecule has 0 aromatic heterocycles. The SMILES string of the molecule is C[C@H]1CC[C@@H](C(N)=O)CN1C(=O)c1cccc2ccccc12. The van der Waals surface area contributed by atoms with Crippen LogP contribution in [0.5, 0.6) is 0 Å². The second-order valence-electron chi connectivity index (χ2n) is 6.01. The van der Waals surface area contributed by atoms with E-state index in [2.05, 4.69) is 0 Å². The summed E-state index contributed by atoms with van der Waals surface area (Å²) in [6, 6.07) is 13.7. The first-order chi connectivity index (χ1) is 10.6. The van der Waals surface area contributed by atoms with Crippen LogP contribution >= 0.6 is 0 Å². The number of nitrogens with two attached hydrogens (primary N) is 1. The van der Waals surface area contributed by atoms with E-state index < -0.39 is 0 Å². The fraction of sp³-hybridized carbons (Fsp3) is 0.333. The number of piperidine rings is 1. The molecule has 1 aliphatic heterocycles. The topological polar surface area (TPSA) is 63.4 Å². The van der Waals surface area contributed by atoms with Crippen LogP contribution in [-0.2, 0) is 4.79 Å². The van der Waals surface area contributed by atoms with Gasteiger partial charge in [-0.1, -0.05) is 36.4 Å². The molecule has 0 radical (unpaired) electrons. The Balaban J connectivity index is 1.96. The van der Waals surface area contributed by atoms with Crippen LogP contribution in [0.2, 0.25) is 0 Å². The van der Waals surface area contributed by atoms with Gasteiger partial charge in [-0.15, -0.1) is 0 Å². The van der Waals surface area contributed by atoms with Gasteiger partial charge in [0.25, 0.3) is 5.91 Å². The van der Waals surface area contributed by atoms with Crippen LogP contribution in [0.25, 0.3) is 10.8 Å². The first-order valence-corrected chi connectivity index (χ1v) is 7.66. The summed E-state index contributed by atoms with van der Waals surface area (Å²) in [6.45, 7) is 2.44. The fourth-order valence-corrected chi connectivity index (χ4v) is 3.19. The summed E-state index contributed by atoms with van der Waals surface area (Å²) in [6.07, 6.45) is 1.57. The highest BCUT2D eigenvalue weighted by Crippen LogP contribution is 2.26. The van der Waals surface area contributed by atoms with Crippen molar-refractivity contribution in [3.63, 3.8) is 0 Å². The first-order valence-electron chi connectivity index (χ1n) is 7.66. The second kappa shape index (κ2) is 5.79. The third-order valence-electron chi connectivity index (χ3n) is 4.57. The zero-order valence-corrected chi connectivity index (χ0v) is 12.7. The molecule has 0 aliphatic carbocycles. The lowest BCUT2D eigenvalue weighted by Gasteiger charge is -2.37. The van der Waals surface area contributed by atoms with Crippen molar-refractivity contribution >= 4 is 22.6 Å². The van der Waals surface area contributed by atoms with E-state index in [4.69, 9.17) is 5.73 Å². The molecule has 4 nitrogen and oxygen atoms in total. The Kier molecular flexibility index (Phi) is 3.84. The summed E-state index contributed by atoms with van der Waals surface area (Å²) in [5.41, 5.74) is 6.12. The van der Waals surface area contributed by atoms with E-state index in [0.717, 1.165) is 23.6 Å². The second-order valence-corrected chi connectivity index (χ2v) is 6.01. The van der Waals surface area contributed by atoms with Crippen molar-refractivity contribution in [3.05, 3.63) is 48.0 Å². The van der Waals surface area contributed by atoms with Gasteiger partial charge in [0, 0.05) is 18.2 Å². The molecule has 0 spiro atoms. The average molecular weight is 296 g/mol. The third kappa shape index (κ3) is 2.56. The van der Waals surface area contributed by atoms with Gasteiger partial charge < -0.3 is 10.6 Å². The molecular formula is C18H20N2O2. The Bertz CT molecular complexity index is 721. The number of benzene rings is 2. The Labute approximate surface area is 129 Å². The molecular weight excluding hydrogens is 276 g/mol. The van der Waals surface area contributed by atoms with Gasteiger partial charge in [-0.3, -0.25) is 9.59 Å². The number of hydrogen-bond acceptors (Lipinski definition) is 2. The van der Waals surface area contributed by atoms with E-state index in [1.165, 1.54) is 0 Å². The van der Waals surface area contributed by atoms with Gasteiger partial charge in [0.05, 0.1) is 5.92 Å². The lowest BCUT2D eigenvalue weighted by Crippen LogP contribution is -2.48. The Morgan fingerprint density at radius 3 is 2.59 bits per heavy atom. The van der Waals surface area contributed by atoms with Crippen molar-refractivity contribution in [1.82, 2.24) is 4.90 Å². The largest absolute Gasteiger partial charge is 0.369 e. The number of amides is 2. The summed E-state index contributed by atoms with van der Waals surface area (Å²) >= 11 is 0. The van der Waals surface area contributed by atoms with Crippen molar-refractivity contribution in [3.8, 4) is 0 Å². The third-order valence-corrected chi connectivity index (χ3v) is 4.57. The molecule has 2 aromatic rings. The molecule has 0 saturated carbocycles. The minimum absolute atomic E-state index is 0.0183. The molecule has 4 heteroatoms. The molecule has 0 unspecified atom stereocenters. The van der Waals surface area contributed by atoms with Crippen LogP contribution in [0.1, 0.15) is 30.1 Å². The minimum atomic E-state index is -0.317. The van der Waals surface area contributed by atoms with Crippen molar-refractivity contribution < 1.29 is 9.59 Å². The molecule has 2 amide bonds. The maximum absolute atomic E-state index is 13.0. The van der Waals surface area contributed by atoms with Crippen LogP contribution in [0.15, 0.2) is 42.5 Å². The summed E-state index contributed by atoms with van der Waals surface area (Å²) in [5, 5.41) is 1.99. The van der Waals surface area contributed by atoms with E-state index in [0.29, 0.717) is 12.1 Å². The van der Waals surface area contributed by atoms with Gasteiger partial charge in [-0.25, -0.2) is 0 Å². The van der Waals surface area contributed by atoms with Crippen LogP contribution in [0.3, 0.4) is 0 Å². The molecule has 2 aromatic carbocycles. The molecule has 0 bridgehead atoms. The quantitative estimate of drug-likeness (QED) is 0.925. The average Bonchev–Trinajstić information content (AvgIpc) is 2.54. The number of carbonyl (C=O) groups is 2. The van der Waals surface area contributed by atoms with Crippen LogP contribution in [-0.4, -0.2) is 29.3 Å². The number of nitrogens with zero attached hydrogens (tertiary/aromatic N) is 1. The van der Waals surface area contributed by atoms with E-state index in [9.17, 15) is 9.59 Å². The molecule has 1 fully saturated rings. The lowest BCUT2D eigenvalue weighted by atomic mass is 9.92. The van der Waals surface area contributed by atoms with Crippen LogP contribution in [0.4, 0.5) is 0 Å². The number of rotatable bonds is 2. The molecule has 1 heterocycles. The fourth-order valence-electron chi connectivity index (χ4n) is 3.19. The van der Waals surface area contributed by atoms with Crippen LogP contribution < -0.4 is 5.73 Å². The molecule has 1 aliphatic rings. The smallest absolute Gasteiger partial charge is 0.254 e. The zero-order valence-electron chi connectivity index (χ0n) is 12.7. The maximum atomic E-state index is 13.0. The summed E-state index contributed by atoms with van der Waals surface area (Å²) in [4.78, 5) is 26.2. The van der Waals surface area contributed by atoms with Crippen molar-refractivity contribution in [2.45, 2.75) is 25.8 Å². The van der Waals surface area contributed by atoms with Gasteiger partial charge in [0.15, 0.2) is 0 Å². The molecule has 2 atom stereocenters. The number of primary amides is 1. The lowest BCUT2D eigenvalue weighted by molar-refractivity contribution is -0.123. The predicted molar refractivity (Wildman–Crippen MR) is 86.4 cm³/mol. The molecule has 2 N–H and O–H groups in total. The Morgan fingerprint density at radius 2 is 1.82 bits per heavy atom. The first kappa shape index (κ1) is 14.6. The standard InChI is InChI=1S/C18H20N2O2/c1-12-9-10-14(17(19)21)11-20(12)18(22)16-8-4-6-13-5-2-3-7-15(13)16/h2-8,12,14H,9-11H2,1H3,(H2,19,21)/t12-,14+/m0/s1. The van der Waals surface area contributed by atoms with E-state index in [1.807, 2.05) is 49.4 Å². The Morgan fingerprint density at radius 1 is 1.09 bits per heavy atom. The molecule has 1 saturated heterocycles.